The fraction of sp³-hybridized carbons (Fsp3) is 0.500. The second-order valence-corrected chi connectivity index (χ2v) is 2.15. The van der Waals surface area contributed by atoms with Crippen LogP contribution in [0.25, 0.3) is 0 Å². The van der Waals surface area contributed by atoms with Crippen LogP contribution >= 0.6 is 12.6 Å². The maximum atomic E-state index is 4.15. The van der Waals surface area contributed by atoms with Crippen molar-refractivity contribution < 1.29 is 0 Å². The molecule has 0 N–H and O–H groups in total. The highest BCUT2D eigenvalue weighted by Gasteiger charge is 2.46. The van der Waals surface area contributed by atoms with E-state index in [-0.39, 0.29) is 0 Å². The Bertz CT molecular complexity index is 101. The molecule has 0 saturated carbocycles. The van der Waals surface area contributed by atoms with E-state index in [0.717, 1.165) is 0 Å². The molecule has 2 rings (SSSR count). The SMILES string of the molecule is SC1C2=C1C2. The highest BCUT2D eigenvalue weighted by atomic mass is 32.1. The van der Waals surface area contributed by atoms with E-state index in [1.807, 2.05) is 0 Å². The molecular formula is C4H4S. The minimum Gasteiger partial charge on any atom is -0.167 e. The zero-order valence-corrected chi connectivity index (χ0v) is 3.63. The van der Waals surface area contributed by atoms with Crippen molar-refractivity contribution in [1.82, 2.24) is 0 Å². The minimum absolute atomic E-state index is 0.676. The van der Waals surface area contributed by atoms with Crippen molar-refractivity contribution in [3.63, 3.8) is 0 Å². The van der Waals surface area contributed by atoms with Crippen molar-refractivity contribution in [3.05, 3.63) is 11.1 Å². The summed E-state index contributed by atoms with van der Waals surface area (Å²) in [6.45, 7) is 0. The van der Waals surface area contributed by atoms with Crippen LogP contribution in [0.4, 0.5) is 0 Å². The van der Waals surface area contributed by atoms with E-state index in [0.29, 0.717) is 5.25 Å². The zero-order valence-electron chi connectivity index (χ0n) is 2.73. The second-order valence-electron chi connectivity index (χ2n) is 1.63. The van der Waals surface area contributed by atoms with Gasteiger partial charge in [-0.1, -0.05) is 0 Å². The second kappa shape index (κ2) is 0.384. The summed E-state index contributed by atoms with van der Waals surface area (Å²) >= 11 is 4.15. The molecule has 0 fully saturated rings. The largest absolute Gasteiger partial charge is 0.167 e. The van der Waals surface area contributed by atoms with Gasteiger partial charge in [-0.05, 0) is 17.6 Å². The van der Waals surface area contributed by atoms with Gasteiger partial charge in [0.15, 0.2) is 0 Å². The lowest BCUT2D eigenvalue weighted by Gasteiger charge is -1.89. The van der Waals surface area contributed by atoms with Crippen LogP contribution in [-0.4, -0.2) is 5.25 Å². The van der Waals surface area contributed by atoms with Gasteiger partial charge in [0.05, 0.1) is 0 Å². The molecule has 0 amide bonds. The summed E-state index contributed by atoms with van der Waals surface area (Å²) < 4.78 is 0. The van der Waals surface area contributed by atoms with E-state index in [9.17, 15) is 0 Å². The zero-order chi connectivity index (χ0) is 3.44. The van der Waals surface area contributed by atoms with Crippen LogP contribution in [0, 0.1) is 0 Å². The van der Waals surface area contributed by atoms with Crippen LogP contribution in [0.3, 0.4) is 0 Å². The van der Waals surface area contributed by atoms with Crippen LogP contribution < -0.4 is 0 Å². The summed E-state index contributed by atoms with van der Waals surface area (Å²) in [7, 11) is 0. The van der Waals surface area contributed by atoms with Crippen molar-refractivity contribution in [1.29, 1.82) is 0 Å². The number of thiol groups is 1. The van der Waals surface area contributed by atoms with E-state index >= 15 is 0 Å². The summed E-state index contributed by atoms with van der Waals surface area (Å²) in [5.74, 6) is 0. The van der Waals surface area contributed by atoms with Crippen LogP contribution in [0.2, 0.25) is 0 Å². The fourth-order valence-corrected chi connectivity index (χ4v) is 0.966. The molecule has 1 heteroatoms. The molecule has 0 spiro atoms. The summed E-state index contributed by atoms with van der Waals surface area (Å²) in [6.07, 6.45) is 1.33. The molecule has 0 aromatic heterocycles. The van der Waals surface area contributed by atoms with Crippen LogP contribution in [0.15, 0.2) is 11.1 Å². The molecule has 5 heavy (non-hydrogen) atoms. The van der Waals surface area contributed by atoms with Crippen molar-refractivity contribution in [2.75, 3.05) is 0 Å². The van der Waals surface area contributed by atoms with Crippen molar-refractivity contribution >= 4 is 12.6 Å². The van der Waals surface area contributed by atoms with E-state index < -0.39 is 0 Å². The lowest BCUT2D eigenvalue weighted by molar-refractivity contribution is 1.21. The Kier molecular flexibility index (Phi) is 0.176. The standard InChI is InChI=1S/C4H4S/c5-4-2-1-3(2)4/h4-5H,1H2. The highest BCUT2D eigenvalue weighted by molar-refractivity contribution is 7.82. The van der Waals surface area contributed by atoms with E-state index in [1.165, 1.54) is 6.42 Å². The summed E-state index contributed by atoms with van der Waals surface area (Å²) in [5.41, 5.74) is 3.24. The molecule has 0 saturated heterocycles. The molecular weight excluding hydrogens is 80.1 g/mol. The Morgan fingerprint density at radius 3 is 2.00 bits per heavy atom. The summed E-state index contributed by atoms with van der Waals surface area (Å²) in [6, 6.07) is 0. The minimum atomic E-state index is 0.676. The van der Waals surface area contributed by atoms with Gasteiger partial charge in [-0.3, -0.25) is 0 Å². The van der Waals surface area contributed by atoms with E-state index in [1.54, 1.807) is 11.1 Å². The van der Waals surface area contributed by atoms with Gasteiger partial charge in [-0.2, -0.15) is 12.6 Å². The monoisotopic (exact) mass is 84.0 g/mol. The van der Waals surface area contributed by atoms with E-state index in [4.69, 9.17) is 0 Å². The van der Waals surface area contributed by atoms with Gasteiger partial charge in [0.25, 0.3) is 0 Å². The molecule has 2 aliphatic rings. The molecule has 0 heterocycles. The molecule has 0 bridgehead atoms. The Morgan fingerprint density at radius 1 is 1.60 bits per heavy atom. The molecule has 0 radical (unpaired) electrons. The number of hydrogen-bond donors (Lipinski definition) is 1. The Labute approximate surface area is 36.3 Å². The smallest absolute Gasteiger partial charge is 0.0448 e. The predicted molar refractivity (Wildman–Crippen MR) is 24.4 cm³/mol. The summed E-state index contributed by atoms with van der Waals surface area (Å²) in [4.78, 5) is 0. The molecule has 0 aromatic rings. The normalized spacial score (nSPS) is 30.6. The molecule has 0 nitrogen and oxygen atoms in total. The maximum absolute atomic E-state index is 4.15. The van der Waals surface area contributed by atoms with Gasteiger partial charge in [-0.15, -0.1) is 0 Å². The van der Waals surface area contributed by atoms with Crippen LogP contribution in [0.1, 0.15) is 6.42 Å². The third-order valence-corrected chi connectivity index (χ3v) is 1.87. The molecule has 0 aliphatic heterocycles. The van der Waals surface area contributed by atoms with Crippen LogP contribution in [0.5, 0.6) is 0 Å². The number of hydrogen-bond acceptors (Lipinski definition) is 1. The topological polar surface area (TPSA) is 0 Å². The summed E-state index contributed by atoms with van der Waals surface area (Å²) in [5, 5.41) is 0.676. The average molecular weight is 84.1 g/mol. The third kappa shape index (κ3) is 0.122. The lowest BCUT2D eigenvalue weighted by Crippen LogP contribution is -1.82. The maximum Gasteiger partial charge on any atom is 0.0448 e. The van der Waals surface area contributed by atoms with E-state index in [2.05, 4.69) is 12.6 Å². The molecule has 26 valence electrons. The highest BCUT2D eigenvalue weighted by Crippen LogP contribution is 2.57. The lowest BCUT2D eigenvalue weighted by atomic mass is 10.3. The van der Waals surface area contributed by atoms with Gasteiger partial charge in [0.1, 0.15) is 0 Å². The third-order valence-electron chi connectivity index (χ3n) is 1.25. The first-order chi connectivity index (χ1) is 2.39. The first kappa shape index (κ1) is 2.30. The van der Waals surface area contributed by atoms with Crippen LogP contribution in [-0.2, 0) is 0 Å². The average Bonchev–Trinajstić information content (AvgIpc) is 2.11. The first-order valence-corrected chi connectivity index (χ1v) is 2.31. The van der Waals surface area contributed by atoms with Crippen molar-refractivity contribution in [2.24, 2.45) is 0 Å². The van der Waals surface area contributed by atoms with Gasteiger partial charge in [0.2, 0.25) is 0 Å². The van der Waals surface area contributed by atoms with Gasteiger partial charge < -0.3 is 0 Å². The quantitative estimate of drug-likeness (QED) is 0.328. The Morgan fingerprint density at radius 2 is 2.00 bits per heavy atom. The predicted octanol–water partition coefficient (Wildman–Crippen LogP) is 0.999. The molecule has 0 atom stereocenters. The van der Waals surface area contributed by atoms with Gasteiger partial charge in [-0.25, -0.2) is 0 Å². The molecule has 0 unspecified atom stereocenters. The Balaban J connectivity index is 2.32. The molecule has 2 aliphatic carbocycles. The molecule has 0 aromatic carbocycles. The number of rotatable bonds is 0. The fourth-order valence-electron chi connectivity index (χ4n) is 0.526. The van der Waals surface area contributed by atoms with Gasteiger partial charge in [0, 0.05) is 5.25 Å². The van der Waals surface area contributed by atoms with Crippen molar-refractivity contribution in [2.45, 2.75) is 11.7 Å². The van der Waals surface area contributed by atoms with Gasteiger partial charge >= 0.3 is 0 Å². The Hall–Kier alpha value is 0.0900. The first-order valence-electron chi connectivity index (χ1n) is 1.79. The van der Waals surface area contributed by atoms with Crippen molar-refractivity contribution in [3.8, 4) is 0 Å².